The van der Waals surface area contributed by atoms with E-state index in [1.807, 2.05) is 65.0 Å². The van der Waals surface area contributed by atoms with Crippen molar-refractivity contribution >= 4 is 17.8 Å². The summed E-state index contributed by atoms with van der Waals surface area (Å²) in [7, 11) is 0. The Hall–Kier alpha value is -3.35. The van der Waals surface area contributed by atoms with Gasteiger partial charge in [0.05, 0.1) is 0 Å². The van der Waals surface area contributed by atoms with Crippen LogP contribution in [0.1, 0.15) is 52.7 Å². The molecular weight excluding hydrogens is 432 g/mol. The van der Waals surface area contributed by atoms with Crippen LogP contribution in [0.3, 0.4) is 0 Å². The van der Waals surface area contributed by atoms with Crippen LogP contribution in [-0.4, -0.2) is 45.5 Å². The van der Waals surface area contributed by atoms with Crippen molar-refractivity contribution in [3.8, 4) is 5.75 Å². The Morgan fingerprint density at radius 2 is 1.56 bits per heavy atom. The maximum absolute atomic E-state index is 13.2. The van der Waals surface area contributed by atoms with Crippen molar-refractivity contribution in [2.24, 2.45) is 5.92 Å². The molecule has 2 aromatic rings. The van der Waals surface area contributed by atoms with Gasteiger partial charge in [-0.3, -0.25) is 9.59 Å². The molecule has 0 saturated heterocycles. The van der Waals surface area contributed by atoms with Gasteiger partial charge in [0.25, 0.3) is 0 Å². The first kappa shape index (κ1) is 26.9. The number of amides is 2. The number of aliphatic carboxylic acids is 1. The lowest BCUT2D eigenvalue weighted by atomic mass is 9.99. The first-order chi connectivity index (χ1) is 15.9. The molecule has 2 aromatic carbocycles. The standard InChI is InChI=1S/C27H36N2O5/c1-18(2)24(29(19(3)30)17-21-10-8-7-9-11-21)25(31)28-23(26(32)33)16-20-12-14-22(15-13-20)34-27(4,5)6/h7-15,18,23-24H,16-17H2,1-6H3,(H,28,31)(H,32,33). The molecule has 0 bridgehead atoms. The minimum atomic E-state index is -1.14. The van der Waals surface area contributed by atoms with Gasteiger partial charge in [-0.1, -0.05) is 56.3 Å². The van der Waals surface area contributed by atoms with Gasteiger partial charge in [0.1, 0.15) is 23.4 Å². The number of ether oxygens (including phenoxy) is 1. The Morgan fingerprint density at radius 1 is 0.971 bits per heavy atom. The van der Waals surface area contributed by atoms with E-state index in [9.17, 15) is 19.5 Å². The van der Waals surface area contributed by atoms with Gasteiger partial charge in [-0.25, -0.2) is 4.79 Å². The van der Waals surface area contributed by atoms with E-state index in [0.29, 0.717) is 5.75 Å². The van der Waals surface area contributed by atoms with Gasteiger partial charge < -0.3 is 20.1 Å². The van der Waals surface area contributed by atoms with Gasteiger partial charge in [-0.2, -0.15) is 0 Å². The number of nitrogens with zero attached hydrogens (tertiary/aromatic N) is 1. The number of carboxylic acid groups (broad SMARTS) is 1. The molecule has 184 valence electrons. The lowest BCUT2D eigenvalue weighted by Crippen LogP contribution is -2.55. The van der Waals surface area contributed by atoms with Gasteiger partial charge >= 0.3 is 5.97 Å². The SMILES string of the molecule is CC(=O)N(Cc1ccccc1)C(C(=O)NC(Cc1ccc(OC(C)(C)C)cc1)C(=O)O)C(C)C. The normalized spacial score (nSPS) is 13.1. The molecular formula is C27H36N2O5. The average molecular weight is 469 g/mol. The maximum Gasteiger partial charge on any atom is 0.326 e. The summed E-state index contributed by atoms with van der Waals surface area (Å²) in [6.07, 6.45) is 0.112. The molecule has 0 spiro atoms. The molecule has 34 heavy (non-hydrogen) atoms. The van der Waals surface area contributed by atoms with E-state index in [1.165, 1.54) is 11.8 Å². The highest BCUT2D eigenvalue weighted by molar-refractivity contribution is 5.90. The van der Waals surface area contributed by atoms with E-state index >= 15 is 0 Å². The number of rotatable bonds is 10. The molecule has 0 aliphatic carbocycles. The van der Waals surface area contributed by atoms with E-state index in [4.69, 9.17) is 4.74 Å². The molecule has 2 unspecified atom stereocenters. The smallest absolute Gasteiger partial charge is 0.326 e. The third-order valence-corrected chi connectivity index (χ3v) is 5.24. The average Bonchev–Trinajstić information content (AvgIpc) is 2.73. The van der Waals surface area contributed by atoms with Crippen molar-refractivity contribution in [1.82, 2.24) is 10.2 Å². The third-order valence-electron chi connectivity index (χ3n) is 5.24. The van der Waals surface area contributed by atoms with Crippen LogP contribution in [0, 0.1) is 5.92 Å². The molecule has 2 rings (SSSR count). The van der Waals surface area contributed by atoms with Crippen LogP contribution in [0.2, 0.25) is 0 Å². The highest BCUT2D eigenvalue weighted by atomic mass is 16.5. The molecule has 0 aliphatic rings. The lowest BCUT2D eigenvalue weighted by Gasteiger charge is -2.33. The zero-order chi connectivity index (χ0) is 25.5. The molecule has 2 N–H and O–H groups in total. The Morgan fingerprint density at radius 3 is 2.03 bits per heavy atom. The first-order valence-electron chi connectivity index (χ1n) is 11.5. The van der Waals surface area contributed by atoms with E-state index < -0.39 is 24.0 Å². The van der Waals surface area contributed by atoms with Gasteiger partial charge in [0.15, 0.2) is 0 Å². The van der Waals surface area contributed by atoms with Crippen molar-refractivity contribution in [3.63, 3.8) is 0 Å². The summed E-state index contributed by atoms with van der Waals surface area (Å²) < 4.78 is 5.81. The number of nitrogens with one attached hydrogen (secondary N) is 1. The summed E-state index contributed by atoms with van der Waals surface area (Å²) in [5.41, 5.74) is 1.30. The van der Waals surface area contributed by atoms with Crippen molar-refractivity contribution in [1.29, 1.82) is 0 Å². The number of carbonyl (C=O) groups excluding carboxylic acids is 2. The first-order valence-corrected chi connectivity index (χ1v) is 11.5. The van der Waals surface area contributed by atoms with Crippen LogP contribution in [0.15, 0.2) is 54.6 Å². The van der Waals surface area contributed by atoms with Gasteiger partial charge in [-0.15, -0.1) is 0 Å². The summed E-state index contributed by atoms with van der Waals surface area (Å²) in [5.74, 6) is -1.40. The Bertz CT molecular complexity index is 965. The Labute approximate surface area is 202 Å². The summed E-state index contributed by atoms with van der Waals surface area (Å²) in [5, 5.41) is 12.4. The topological polar surface area (TPSA) is 95.9 Å². The molecule has 0 saturated carbocycles. The molecule has 7 heteroatoms. The molecule has 0 radical (unpaired) electrons. The minimum absolute atomic E-state index is 0.112. The third kappa shape index (κ3) is 8.21. The van der Waals surface area contributed by atoms with Gasteiger partial charge in [0.2, 0.25) is 11.8 Å². The largest absolute Gasteiger partial charge is 0.488 e. The van der Waals surface area contributed by atoms with E-state index in [-0.39, 0.29) is 30.4 Å². The molecule has 0 heterocycles. The monoisotopic (exact) mass is 468 g/mol. The van der Waals surface area contributed by atoms with Crippen LogP contribution >= 0.6 is 0 Å². The predicted octanol–water partition coefficient (Wildman–Crippen LogP) is 4.05. The van der Waals surface area contributed by atoms with Crippen molar-refractivity contribution in [3.05, 3.63) is 65.7 Å². The predicted molar refractivity (Wildman–Crippen MR) is 131 cm³/mol. The van der Waals surface area contributed by atoms with Crippen molar-refractivity contribution in [2.45, 2.75) is 72.2 Å². The Kier molecular flexibility index (Phi) is 9.24. The molecule has 2 atom stereocenters. The maximum atomic E-state index is 13.2. The summed E-state index contributed by atoms with van der Waals surface area (Å²) in [6.45, 7) is 11.2. The number of carboxylic acids is 1. The van der Waals surface area contributed by atoms with Crippen LogP contribution in [0.4, 0.5) is 0 Å². The van der Waals surface area contributed by atoms with Crippen LogP contribution in [-0.2, 0) is 27.3 Å². The quantitative estimate of drug-likeness (QED) is 0.548. The number of benzene rings is 2. The lowest BCUT2D eigenvalue weighted by molar-refractivity contribution is -0.145. The van der Waals surface area contributed by atoms with Crippen LogP contribution in [0.25, 0.3) is 0 Å². The van der Waals surface area contributed by atoms with Crippen molar-refractivity contribution < 1.29 is 24.2 Å². The fourth-order valence-electron chi connectivity index (χ4n) is 3.73. The fourth-order valence-corrected chi connectivity index (χ4v) is 3.73. The summed E-state index contributed by atoms with van der Waals surface area (Å²) in [4.78, 5) is 39.2. The van der Waals surface area contributed by atoms with Gasteiger partial charge in [-0.05, 0) is 49.9 Å². The zero-order valence-corrected chi connectivity index (χ0v) is 20.9. The second-order valence-corrected chi connectivity index (χ2v) is 9.78. The highest BCUT2D eigenvalue weighted by Gasteiger charge is 2.33. The number of carbonyl (C=O) groups is 3. The number of hydrogen-bond acceptors (Lipinski definition) is 4. The second kappa shape index (κ2) is 11.7. The summed E-state index contributed by atoms with van der Waals surface area (Å²) in [6, 6.07) is 14.6. The van der Waals surface area contributed by atoms with Crippen LogP contribution in [0.5, 0.6) is 5.75 Å². The van der Waals surface area contributed by atoms with Crippen molar-refractivity contribution in [2.75, 3.05) is 0 Å². The van der Waals surface area contributed by atoms with E-state index in [0.717, 1.165) is 11.1 Å². The molecule has 0 aromatic heterocycles. The fraction of sp³-hybridized carbons (Fsp3) is 0.444. The highest BCUT2D eigenvalue weighted by Crippen LogP contribution is 2.20. The second-order valence-electron chi connectivity index (χ2n) is 9.78. The Balaban J connectivity index is 2.17. The van der Waals surface area contributed by atoms with E-state index in [1.54, 1.807) is 24.3 Å². The molecule has 2 amide bonds. The van der Waals surface area contributed by atoms with E-state index in [2.05, 4.69) is 5.32 Å². The molecule has 0 fully saturated rings. The molecule has 7 nitrogen and oxygen atoms in total. The summed E-state index contributed by atoms with van der Waals surface area (Å²) >= 11 is 0. The van der Waals surface area contributed by atoms with Gasteiger partial charge in [0, 0.05) is 19.9 Å². The van der Waals surface area contributed by atoms with Crippen LogP contribution < -0.4 is 10.1 Å². The zero-order valence-electron chi connectivity index (χ0n) is 20.9. The number of hydrogen-bond donors (Lipinski definition) is 2. The minimum Gasteiger partial charge on any atom is -0.488 e. The molecule has 0 aliphatic heterocycles.